The molecule has 0 aliphatic rings. The normalized spacial score (nSPS) is 11.2. The molecule has 0 radical (unpaired) electrons. The number of ether oxygens (including phenoxy) is 3. The predicted molar refractivity (Wildman–Crippen MR) is 57.0 cm³/mol. The molecule has 0 aromatic heterocycles. The van der Waals surface area contributed by atoms with Crippen molar-refractivity contribution < 1.29 is 23.0 Å². The molecule has 0 atom stereocenters. The number of hydrogen-bond acceptors (Lipinski definition) is 4. The Morgan fingerprint density at radius 3 is 2.31 bits per heavy atom. The molecule has 0 amide bonds. The minimum atomic E-state index is -2.39. The van der Waals surface area contributed by atoms with Crippen LogP contribution in [0.5, 0.6) is 0 Å². The van der Waals surface area contributed by atoms with Crippen LogP contribution in [0.1, 0.15) is 6.42 Å². The fourth-order valence-corrected chi connectivity index (χ4v) is 0.993. The molecule has 0 bridgehead atoms. The van der Waals surface area contributed by atoms with E-state index in [2.05, 4.69) is 10.1 Å². The molecular weight excluding hydrogens is 220 g/mol. The lowest BCUT2D eigenvalue weighted by Crippen LogP contribution is -2.25. The van der Waals surface area contributed by atoms with E-state index < -0.39 is 13.0 Å². The first-order valence-corrected chi connectivity index (χ1v) is 5.40. The summed E-state index contributed by atoms with van der Waals surface area (Å²) in [5.41, 5.74) is 0. The van der Waals surface area contributed by atoms with Gasteiger partial charge < -0.3 is 19.5 Å². The van der Waals surface area contributed by atoms with Gasteiger partial charge in [-0.15, -0.1) is 0 Å². The maximum absolute atomic E-state index is 11.6. The molecule has 0 aliphatic heterocycles. The van der Waals surface area contributed by atoms with Gasteiger partial charge in [0.1, 0.15) is 6.61 Å². The molecule has 0 fully saturated rings. The van der Waals surface area contributed by atoms with Crippen LogP contribution >= 0.6 is 0 Å². The standard InChI is InChI=1S/C10H21F2NO3/c1-14-5-2-6-15-7-3-13-4-8-16-9-10(11)12/h10,13H,2-9H2,1H3. The number of methoxy groups -OCH3 is 1. The van der Waals surface area contributed by atoms with E-state index in [1.165, 1.54) is 0 Å². The molecule has 0 saturated carbocycles. The first kappa shape index (κ1) is 15.7. The number of hydrogen-bond donors (Lipinski definition) is 1. The molecule has 98 valence electrons. The minimum Gasteiger partial charge on any atom is -0.385 e. The van der Waals surface area contributed by atoms with E-state index in [1.54, 1.807) is 7.11 Å². The average Bonchev–Trinajstić information content (AvgIpc) is 2.25. The Kier molecular flexibility index (Phi) is 12.5. The van der Waals surface area contributed by atoms with Gasteiger partial charge in [-0.2, -0.15) is 0 Å². The van der Waals surface area contributed by atoms with Crippen molar-refractivity contribution in [1.29, 1.82) is 0 Å². The van der Waals surface area contributed by atoms with Crippen LogP contribution < -0.4 is 5.32 Å². The van der Waals surface area contributed by atoms with Gasteiger partial charge in [0.15, 0.2) is 0 Å². The van der Waals surface area contributed by atoms with Crippen LogP contribution in [0, 0.1) is 0 Å². The fourth-order valence-electron chi connectivity index (χ4n) is 0.993. The number of rotatable bonds is 12. The van der Waals surface area contributed by atoms with Crippen LogP contribution in [-0.2, 0) is 14.2 Å². The third-order valence-corrected chi connectivity index (χ3v) is 1.73. The second kappa shape index (κ2) is 12.8. The van der Waals surface area contributed by atoms with E-state index in [9.17, 15) is 8.78 Å². The molecule has 0 heterocycles. The van der Waals surface area contributed by atoms with Crippen LogP contribution in [0.2, 0.25) is 0 Å². The smallest absolute Gasteiger partial charge is 0.261 e. The Labute approximate surface area is 95.2 Å². The maximum atomic E-state index is 11.6. The van der Waals surface area contributed by atoms with Crippen LogP contribution in [0.15, 0.2) is 0 Å². The molecule has 16 heavy (non-hydrogen) atoms. The predicted octanol–water partition coefficient (Wildman–Crippen LogP) is 0.911. The van der Waals surface area contributed by atoms with Crippen molar-refractivity contribution in [3.63, 3.8) is 0 Å². The van der Waals surface area contributed by atoms with Crippen LogP contribution in [0.25, 0.3) is 0 Å². The highest BCUT2D eigenvalue weighted by Crippen LogP contribution is 1.91. The molecule has 0 saturated heterocycles. The fraction of sp³-hybridized carbons (Fsp3) is 1.00. The molecule has 0 unspecified atom stereocenters. The maximum Gasteiger partial charge on any atom is 0.261 e. The van der Waals surface area contributed by atoms with Gasteiger partial charge in [-0.3, -0.25) is 0 Å². The van der Waals surface area contributed by atoms with E-state index in [4.69, 9.17) is 9.47 Å². The van der Waals surface area contributed by atoms with Gasteiger partial charge in [0, 0.05) is 33.4 Å². The first-order valence-electron chi connectivity index (χ1n) is 5.40. The molecule has 0 aliphatic carbocycles. The third-order valence-electron chi connectivity index (χ3n) is 1.73. The molecule has 4 nitrogen and oxygen atoms in total. The number of alkyl halides is 2. The molecule has 0 aromatic carbocycles. The van der Waals surface area contributed by atoms with Crippen LogP contribution in [0.4, 0.5) is 8.78 Å². The Hall–Kier alpha value is -0.300. The van der Waals surface area contributed by atoms with Crippen LogP contribution in [-0.4, -0.2) is 59.7 Å². The lowest BCUT2D eigenvalue weighted by molar-refractivity contribution is 0.0182. The molecule has 0 aromatic rings. The zero-order valence-electron chi connectivity index (χ0n) is 9.71. The summed E-state index contributed by atoms with van der Waals surface area (Å²) >= 11 is 0. The van der Waals surface area contributed by atoms with E-state index in [0.29, 0.717) is 39.5 Å². The summed E-state index contributed by atoms with van der Waals surface area (Å²) in [6, 6.07) is 0. The van der Waals surface area contributed by atoms with Crippen molar-refractivity contribution in [2.24, 2.45) is 0 Å². The Morgan fingerprint density at radius 1 is 1.00 bits per heavy atom. The molecule has 1 N–H and O–H groups in total. The first-order chi connectivity index (χ1) is 7.77. The van der Waals surface area contributed by atoms with Crippen LogP contribution in [0.3, 0.4) is 0 Å². The van der Waals surface area contributed by atoms with Crippen molar-refractivity contribution in [3.8, 4) is 0 Å². The quantitative estimate of drug-likeness (QED) is 0.516. The highest BCUT2D eigenvalue weighted by atomic mass is 19.3. The van der Waals surface area contributed by atoms with Gasteiger partial charge >= 0.3 is 0 Å². The summed E-state index contributed by atoms with van der Waals surface area (Å²) in [6.45, 7) is 3.06. The van der Waals surface area contributed by atoms with Gasteiger partial charge in [0.05, 0.1) is 13.2 Å². The zero-order valence-corrected chi connectivity index (χ0v) is 9.71. The van der Waals surface area contributed by atoms with Gasteiger partial charge in [-0.1, -0.05) is 0 Å². The summed E-state index contributed by atoms with van der Waals surface area (Å²) in [5.74, 6) is 0. The van der Waals surface area contributed by atoms with Gasteiger partial charge in [0.2, 0.25) is 0 Å². The molecule has 0 spiro atoms. The second-order valence-corrected chi connectivity index (χ2v) is 3.17. The summed E-state index contributed by atoms with van der Waals surface area (Å²) in [7, 11) is 1.65. The summed E-state index contributed by atoms with van der Waals surface area (Å²) in [5, 5.41) is 3.02. The highest BCUT2D eigenvalue weighted by molar-refractivity contribution is 4.46. The third kappa shape index (κ3) is 13.7. The van der Waals surface area contributed by atoms with Crippen molar-refractivity contribution >= 4 is 0 Å². The average molecular weight is 241 g/mol. The van der Waals surface area contributed by atoms with Crippen molar-refractivity contribution in [1.82, 2.24) is 5.32 Å². The summed E-state index contributed by atoms with van der Waals surface area (Å²) in [4.78, 5) is 0. The zero-order chi connectivity index (χ0) is 12.1. The second-order valence-electron chi connectivity index (χ2n) is 3.17. The Morgan fingerprint density at radius 2 is 1.69 bits per heavy atom. The topological polar surface area (TPSA) is 39.7 Å². The lowest BCUT2D eigenvalue weighted by atomic mass is 10.5. The number of halogens is 2. The largest absolute Gasteiger partial charge is 0.385 e. The van der Waals surface area contributed by atoms with Gasteiger partial charge in [-0.25, -0.2) is 8.78 Å². The van der Waals surface area contributed by atoms with E-state index in [-0.39, 0.29) is 0 Å². The van der Waals surface area contributed by atoms with Gasteiger partial charge in [-0.05, 0) is 6.42 Å². The molecular formula is C10H21F2NO3. The van der Waals surface area contributed by atoms with E-state index in [0.717, 1.165) is 6.42 Å². The Balaban J connectivity index is 2.88. The van der Waals surface area contributed by atoms with Crippen molar-refractivity contribution in [2.45, 2.75) is 12.8 Å². The van der Waals surface area contributed by atoms with Gasteiger partial charge in [0.25, 0.3) is 6.43 Å². The molecule has 6 heteroatoms. The van der Waals surface area contributed by atoms with E-state index >= 15 is 0 Å². The summed E-state index contributed by atoms with van der Waals surface area (Å²) in [6.07, 6.45) is -1.50. The number of nitrogens with one attached hydrogen (secondary N) is 1. The monoisotopic (exact) mass is 241 g/mol. The van der Waals surface area contributed by atoms with Crippen molar-refractivity contribution in [3.05, 3.63) is 0 Å². The lowest BCUT2D eigenvalue weighted by Gasteiger charge is -2.06. The highest BCUT2D eigenvalue weighted by Gasteiger charge is 2.00. The van der Waals surface area contributed by atoms with Crippen molar-refractivity contribution in [2.75, 3.05) is 53.2 Å². The summed E-state index contributed by atoms with van der Waals surface area (Å²) < 4.78 is 38.1. The Bertz CT molecular complexity index is 139. The van der Waals surface area contributed by atoms with E-state index in [1.807, 2.05) is 0 Å². The SMILES string of the molecule is COCCCOCCNCCOCC(F)F. The minimum absolute atomic E-state index is 0.300. The molecule has 0 rings (SSSR count).